The summed E-state index contributed by atoms with van der Waals surface area (Å²) < 4.78 is 7.18. The molecule has 0 N–H and O–H groups in total. The topological polar surface area (TPSA) is 16.4 Å². The van der Waals surface area contributed by atoms with Crippen molar-refractivity contribution in [3.8, 4) is 33.4 Å². The van der Waals surface area contributed by atoms with Crippen molar-refractivity contribution in [2.75, 3.05) is 4.90 Å². The average Bonchev–Trinajstić information content (AvgIpc) is 3.82. The van der Waals surface area contributed by atoms with E-state index in [1.807, 2.05) is 0 Å². The number of benzene rings is 11. The van der Waals surface area contributed by atoms with Crippen molar-refractivity contribution < 1.29 is 4.42 Å². The molecule has 13 rings (SSSR count). The predicted octanol–water partition coefficient (Wildman–Crippen LogP) is 17.3. The van der Waals surface area contributed by atoms with Gasteiger partial charge in [-0.15, -0.1) is 0 Å². The molecule has 1 aliphatic carbocycles. The fourth-order valence-corrected chi connectivity index (χ4v) is 10.8. The Hall–Kier alpha value is -7.94. The van der Waals surface area contributed by atoms with Gasteiger partial charge in [0.1, 0.15) is 11.2 Å². The van der Waals surface area contributed by atoms with Crippen molar-refractivity contribution >= 4 is 82.1 Å². The third-order valence-corrected chi connectivity index (χ3v) is 13.8. The number of furan rings is 1. The van der Waals surface area contributed by atoms with Crippen molar-refractivity contribution in [3.05, 3.63) is 223 Å². The molecule has 296 valence electrons. The first kappa shape index (κ1) is 35.8. The van der Waals surface area contributed by atoms with Gasteiger partial charge in [-0.1, -0.05) is 178 Å². The zero-order valence-corrected chi connectivity index (χ0v) is 35.1. The highest BCUT2D eigenvalue weighted by Gasteiger charge is 2.36. The summed E-state index contributed by atoms with van der Waals surface area (Å²) in [5, 5.41) is 12.1. The lowest BCUT2D eigenvalue weighted by molar-refractivity contribution is 0.660. The Morgan fingerprint density at radius 1 is 0.381 bits per heavy atom. The molecule has 2 nitrogen and oxygen atoms in total. The summed E-state index contributed by atoms with van der Waals surface area (Å²) in [5.74, 6) is 0. The van der Waals surface area contributed by atoms with Crippen molar-refractivity contribution in [3.63, 3.8) is 0 Å². The molecule has 63 heavy (non-hydrogen) atoms. The second-order valence-electron chi connectivity index (χ2n) is 17.6. The molecule has 1 heterocycles. The molecule has 0 unspecified atom stereocenters. The molecule has 0 atom stereocenters. The first-order valence-corrected chi connectivity index (χ1v) is 21.9. The van der Waals surface area contributed by atoms with Gasteiger partial charge in [0, 0.05) is 27.7 Å². The average molecular weight is 804 g/mol. The molecule has 2 heteroatoms. The van der Waals surface area contributed by atoms with E-state index in [1.165, 1.54) is 76.5 Å². The van der Waals surface area contributed by atoms with Gasteiger partial charge in [0.2, 0.25) is 0 Å². The quantitative estimate of drug-likeness (QED) is 0.161. The van der Waals surface area contributed by atoms with Crippen molar-refractivity contribution in [1.29, 1.82) is 0 Å². The van der Waals surface area contributed by atoms with E-state index in [9.17, 15) is 0 Å². The van der Waals surface area contributed by atoms with Gasteiger partial charge in [-0.05, 0) is 131 Å². The molecule has 1 aromatic heterocycles. The van der Waals surface area contributed by atoms with Crippen LogP contribution in [0.25, 0.3) is 98.4 Å². The smallest absolute Gasteiger partial charge is 0.143 e. The van der Waals surface area contributed by atoms with Gasteiger partial charge in [0.25, 0.3) is 0 Å². The summed E-state index contributed by atoms with van der Waals surface area (Å²) in [6.07, 6.45) is 0. The van der Waals surface area contributed by atoms with E-state index in [4.69, 9.17) is 4.42 Å². The van der Waals surface area contributed by atoms with Crippen LogP contribution < -0.4 is 4.90 Å². The van der Waals surface area contributed by atoms with Gasteiger partial charge >= 0.3 is 0 Å². The minimum absolute atomic E-state index is 0.148. The highest BCUT2D eigenvalue weighted by Crippen LogP contribution is 2.52. The van der Waals surface area contributed by atoms with E-state index in [0.29, 0.717) is 0 Å². The Labute approximate surface area is 365 Å². The molecule has 1 aliphatic rings. The van der Waals surface area contributed by atoms with Crippen LogP contribution in [-0.2, 0) is 5.41 Å². The normalized spacial score (nSPS) is 13.0. The summed E-state index contributed by atoms with van der Waals surface area (Å²) in [6, 6.07) is 77.8. The summed E-state index contributed by atoms with van der Waals surface area (Å²) in [7, 11) is 0. The highest BCUT2D eigenvalue weighted by molar-refractivity contribution is 6.27. The Balaban J connectivity index is 1.07. The largest absolute Gasteiger partial charge is 0.455 e. The van der Waals surface area contributed by atoms with Gasteiger partial charge in [-0.25, -0.2) is 0 Å². The van der Waals surface area contributed by atoms with Crippen molar-refractivity contribution in [1.82, 2.24) is 0 Å². The summed E-state index contributed by atoms with van der Waals surface area (Å²) in [5.41, 5.74) is 14.8. The SMILES string of the molecule is CC1(C)c2ccccc2-c2ccc(N(c3ccc(-c4ccccc4)cc3)c3cccc4oc5c(-c6ccc7c8ccccc8c8ccccc8c7c6)c6ccccc6cc5c34)cc21. The van der Waals surface area contributed by atoms with Crippen LogP contribution in [0.3, 0.4) is 0 Å². The van der Waals surface area contributed by atoms with Crippen LogP contribution in [0.4, 0.5) is 17.1 Å². The van der Waals surface area contributed by atoms with E-state index in [-0.39, 0.29) is 5.41 Å². The van der Waals surface area contributed by atoms with Gasteiger partial charge in [0.05, 0.1) is 11.1 Å². The molecule has 0 radical (unpaired) electrons. The Kier molecular flexibility index (Phi) is 7.68. The van der Waals surface area contributed by atoms with Crippen LogP contribution in [0, 0.1) is 0 Å². The number of anilines is 3. The Morgan fingerprint density at radius 3 is 1.73 bits per heavy atom. The maximum Gasteiger partial charge on any atom is 0.143 e. The van der Waals surface area contributed by atoms with E-state index in [2.05, 4.69) is 231 Å². The Morgan fingerprint density at radius 2 is 0.968 bits per heavy atom. The molecule has 12 aromatic rings. The van der Waals surface area contributed by atoms with E-state index >= 15 is 0 Å². The molecule has 0 aliphatic heterocycles. The third kappa shape index (κ3) is 5.31. The molecule has 0 bridgehead atoms. The van der Waals surface area contributed by atoms with Crippen molar-refractivity contribution in [2.45, 2.75) is 19.3 Å². The molecule has 0 fully saturated rings. The minimum Gasteiger partial charge on any atom is -0.455 e. The van der Waals surface area contributed by atoms with E-state index in [1.54, 1.807) is 0 Å². The fourth-order valence-electron chi connectivity index (χ4n) is 10.8. The van der Waals surface area contributed by atoms with Gasteiger partial charge in [0.15, 0.2) is 0 Å². The predicted molar refractivity (Wildman–Crippen MR) is 267 cm³/mol. The zero-order chi connectivity index (χ0) is 41.8. The Bertz CT molecular complexity index is 3780. The van der Waals surface area contributed by atoms with Crippen LogP contribution >= 0.6 is 0 Å². The van der Waals surface area contributed by atoms with Crippen LogP contribution in [0.2, 0.25) is 0 Å². The summed E-state index contributed by atoms with van der Waals surface area (Å²) in [6.45, 7) is 4.71. The molecule has 11 aromatic carbocycles. The zero-order valence-electron chi connectivity index (χ0n) is 35.1. The summed E-state index contributed by atoms with van der Waals surface area (Å²) >= 11 is 0. The fraction of sp³-hybridized carbons (Fsp3) is 0.0492. The molecule has 0 amide bonds. The molecular formula is C61H41NO. The standard InChI is InChI=1S/C61H41NO/c1-61(2)54-24-13-12-23-50(54)51-34-32-43(37-55(51)61)62(42-30-27-39(28-31-42)38-15-4-3-5-16-38)56-25-14-26-57-59(56)53-35-40-17-6-7-18-44(40)58(60(53)63-57)41-29-33-49-47-21-9-8-19-45(47)46-20-10-11-22-48(46)52(49)36-41/h3-37H,1-2H3. The van der Waals surface area contributed by atoms with E-state index < -0.39 is 0 Å². The van der Waals surface area contributed by atoms with Crippen LogP contribution in [0.5, 0.6) is 0 Å². The maximum absolute atomic E-state index is 7.18. The number of rotatable bonds is 5. The van der Waals surface area contributed by atoms with Gasteiger partial charge in [-0.2, -0.15) is 0 Å². The van der Waals surface area contributed by atoms with Crippen LogP contribution in [-0.4, -0.2) is 0 Å². The van der Waals surface area contributed by atoms with Gasteiger partial charge in [-0.3, -0.25) is 0 Å². The molecule has 0 spiro atoms. The van der Waals surface area contributed by atoms with Gasteiger partial charge < -0.3 is 9.32 Å². The number of nitrogens with zero attached hydrogens (tertiary/aromatic N) is 1. The molecular weight excluding hydrogens is 763 g/mol. The number of hydrogen-bond acceptors (Lipinski definition) is 2. The first-order chi connectivity index (χ1) is 31.0. The number of hydrogen-bond donors (Lipinski definition) is 0. The first-order valence-electron chi connectivity index (χ1n) is 21.9. The van der Waals surface area contributed by atoms with E-state index in [0.717, 1.165) is 50.1 Å². The lowest BCUT2D eigenvalue weighted by atomic mass is 9.82. The highest BCUT2D eigenvalue weighted by atomic mass is 16.3. The second kappa shape index (κ2) is 13.5. The lowest BCUT2D eigenvalue weighted by Crippen LogP contribution is -2.16. The second-order valence-corrected chi connectivity index (χ2v) is 17.6. The molecule has 0 saturated heterocycles. The number of fused-ring (bicyclic) bond motifs is 13. The monoisotopic (exact) mass is 803 g/mol. The summed E-state index contributed by atoms with van der Waals surface area (Å²) in [4.78, 5) is 2.44. The lowest BCUT2D eigenvalue weighted by Gasteiger charge is -2.29. The van der Waals surface area contributed by atoms with Crippen molar-refractivity contribution in [2.24, 2.45) is 0 Å². The van der Waals surface area contributed by atoms with Crippen LogP contribution in [0.1, 0.15) is 25.0 Å². The molecule has 0 saturated carbocycles. The minimum atomic E-state index is -0.148. The maximum atomic E-state index is 7.18. The third-order valence-electron chi connectivity index (χ3n) is 13.8. The van der Waals surface area contributed by atoms with Crippen LogP contribution in [0.15, 0.2) is 217 Å².